The molecule has 172 valence electrons. The smallest absolute Gasteiger partial charge is 0.326 e. The lowest BCUT2D eigenvalue weighted by molar-refractivity contribution is -0.139. The summed E-state index contributed by atoms with van der Waals surface area (Å²) in [6, 6.07) is 9.38. The summed E-state index contributed by atoms with van der Waals surface area (Å²) in [5.41, 5.74) is 0.253. The van der Waals surface area contributed by atoms with E-state index in [0.29, 0.717) is 44.7 Å². The third-order valence-corrected chi connectivity index (χ3v) is 5.08. The summed E-state index contributed by atoms with van der Waals surface area (Å²) < 4.78 is 52.1. The van der Waals surface area contributed by atoms with Gasteiger partial charge in [-0.2, -0.15) is 13.2 Å². The number of nitrogens with one attached hydrogen (secondary N) is 2. The lowest BCUT2D eigenvalue weighted by atomic mass is 10.2. The highest BCUT2D eigenvalue weighted by Gasteiger charge is 2.34. The van der Waals surface area contributed by atoms with E-state index in [-0.39, 0.29) is 11.6 Å². The van der Waals surface area contributed by atoms with Crippen LogP contribution in [0.4, 0.5) is 33.7 Å². The average Bonchev–Trinajstić information content (AvgIpc) is 2.95. The second-order valence-corrected chi connectivity index (χ2v) is 7.62. The highest BCUT2D eigenvalue weighted by Crippen LogP contribution is 2.33. The van der Waals surface area contributed by atoms with Gasteiger partial charge in [0, 0.05) is 51.0 Å². The molecule has 1 heterocycles. The van der Waals surface area contributed by atoms with Gasteiger partial charge in [-0.25, -0.2) is 9.18 Å². The van der Waals surface area contributed by atoms with E-state index in [1.165, 1.54) is 11.8 Å². The van der Waals surface area contributed by atoms with Crippen molar-refractivity contribution in [1.29, 1.82) is 0 Å². The molecule has 0 aliphatic carbocycles. The first-order chi connectivity index (χ1) is 15.1. The van der Waals surface area contributed by atoms with Crippen LogP contribution in [0.15, 0.2) is 42.5 Å². The van der Waals surface area contributed by atoms with Gasteiger partial charge in [0.25, 0.3) is 0 Å². The van der Waals surface area contributed by atoms with Gasteiger partial charge in [0.15, 0.2) is 0 Å². The third kappa shape index (κ3) is 6.43. The van der Waals surface area contributed by atoms with Gasteiger partial charge in [-0.05, 0) is 42.3 Å². The molecule has 1 saturated heterocycles. The fourth-order valence-corrected chi connectivity index (χ4v) is 3.51. The number of carbonyl (C=O) groups excluding carboxylic acids is 2. The molecule has 0 unspecified atom stereocenters. The Morgan fingerprint density at radius 2 is 1.62 bits per heavy atom. The first kappa shape index (κ1) is 23.5. The first-order valence-electron chi connectivity index (χ1n) is 10.1. The molecule has 2 aromatic rings. The predicted octanol–water partition coefficient (Wildman–Crippen LogP) is 4.54. The molecular formula is C22H24F4N4O2. The molecule has 6 nitrogen and oxygen atoms in total. The van der Waals surface area contributed by atoms with Crippen LogP contribution in [0.25, 0.3) is 0 Å². The van der Waals surface area contributed by atoms with Crippen LogP contribution in [0.1, 0.15) is 24.5 Å². The number of anilines is 2. The number of urea groups is 1. The van der Waals surface area contributed by atoms with Crippen LogP contribution in [-0.4, -0.2) is 47.9 Å². The molecule has 0 bridgehead atoms. The molecule has 10 heteroatoms. The molecule has 0 aromatic heterocycles. The predicted molar refractivity (Wildman–Crippen MR) is 113 cm³/mol. The molecule has 2 N–H and O–H groups in total. The number of amides is 3. The zero-order valence-electron chi connectivity index (χ0n) is 17.5. The maximum Gasteiger partial charge on any atom is 0.419 e. The summed E-state index contributed by atoms with van der Waals surface area (Å²) in [5, 5.41) is 5.14. The van der Waals surface area contributed by atoms with Crippen molar-refractivity contribution in [3.05, 3.63) is 59.4 Å². The van der Waals surface area contributed by atoms with Crippen LogP contribution in [0.3, 0.4) is 0 Å². The summed E-state index contributed by atoms with van der Waals surface area (Å²) in [6.45, 7) is 4.32. The van der Waals surface area contributed by atoms with Crippen molar-refractivity contribution in [2.75, 3.05) is 36.8 Å². The molecule has 32 heavy (non-hydrogen) atoms. The third-order valence-electron chi connectivity index (χ3n) is 5.08. The van der Waals surface area contributed by atoms with Gasteiger partial charge in [-0.15, -0.1) is 0 Å². The van der Waals surface area contributed by atoms with Crippen molar-refractivity contribution >= 4 is 23.3 Å². The van der Waals surface area contributed by atoms with Crippen molar-refractivity contribution in [1.82, 2.24) is 9.80 Å². The highest BCUT2D eigenvalue weighted by molar-refractivity contribution is 5.89. The van der Waals surface area contributed by atoms with E-state index in [9.17, 15) is 27.2 Å². The Labute approximate surface area is 183 Å². The Morgan fingerprint density at radius 3 is 2.28 bits per heavy atom. The summed E-state index contributed by atoms with van der Waals surface area (Å²) in [4.78, 5) is 27.4. The van der Waals surface area contributed by atoms with Gasteiger partial charge in [0.05, 0.1) is 5.56 Å². The van der Waals surface area contributed by atoms with Crippen LogP contribution >= 0.6 is 0 Å². The molecule has 0 saturated carbocycles. The number of rotatable bonds is 4. The van der Waals surface area contributed by atoms with Crippen molar-refractivity contribution in [2.45, 2.75) is 26.1 Å². The Kier molecular flexibility index (Phi) is 7.34. The minimum Gasteiger partial charge on any atom is -0.326 e. The van der Waals surface area contributed by atoms with E-state index in [1.54, 1.807) is 0 Å². The number of benzene rings is 2. The monoisotopic (exact) mass is 452 g/mol. The Balaban J connectivity index is 1.56. The molecule has 1 aliphatic rings. The van der Waals surface area contributed by atoms with Gasteiger partial charge < -0.3 is 15.5 Å². The van der Waals surface area contributed by atoms with Crippen LogP contribution in [0.5, 0.6) is 0 Å². The van der Waals surface area contributed by atoms with E-state index in [2.05, 4.69) is 15.5 Å². The lowest BCUT2D eigenvalue weighted by Gasteiger charge is -2.22. The van der Waals surface area contributed by atoms with Crippen LogP contribution < -0.4 is 10.6 Å². The maximum absolute atomic E-state index is 13.4. The zero-order valence-corrected chi connectivity index (χ0v) is 17.5. The first-order valence-corrected chi connectivity index (χ1v) is 10.1. The standard InChI is InChI=1S/C22H24F4N4O2/c1-15(31)27-17-5-3-16(4-6-17)14-29-9-2-10-30(12-11-29)21(32)28-18-7-8-20(23)19(13-18)22(24,25)26/h3-8,13H,2,9-12,14H2,1H3,(H,27,31)(H,28,32). The van der Waals surface area contributed by atoms with Gasteiger partial charge >= 0.3 is 12.2 Å². The molecule has 3 amide bonds. The van der Waals surface area contributed by atoms with Crippen LogP contribution in [-0.2, 0) is 17.5 Å². The van der Waals surface area contributed by atoms with E-state index in [0.717, 1.165) is 23.9 Å². The van der Waals surface area contributed by atoms with Crippen LogP contribution in [0.2, 0.25) is 0 Å². The van der Waals surface area contributed by atoms with Gasteiger partial charge in [-0.1, -0.05) is 12.1 Å². The summed E-state index contributed by atoms with van der Waals surface area (Å²) >= 11 is 0. The number of carbonyl (C=O) groups is 2. The van der Waals surface area contributed by atoms with E-state index < -0.39 is 23.6 Å². The number of halogens is 4. The number of hydrogen-bond donors (Lipinski definition) is 2. The lowest BCUT2D eigenvalue weighted by Crippen LogP contribution is -2.38. The fourth-order valence-electron chi connectivity index (χ4n) is 3.51. The molecule has 3 rings (SSSR count). The minimum atomic E-state index is -4.84. The van der Waals surface area contributed by atoms with Gasteiger partial charge in [0.2, 0.25) is 5.91 Å². The molecule has 2 aromatic carbocycles. The maximum atomic E-state index is 13.4. The van der Waals surface area contributed by atoms with Crippen molar-refractivity contribution in [3.63, 3.8) is 0 Å². The van der Waals surface area contributed by atoms with Crippen molar-refractivity contribution in [2.24, 2.45) is 0 Å². The Hall–Kier alpha value is -3.14. The number of alkyl halides is 3. The van der Waals surface area contributed by atoms with E-state index in [1.807, 2.05) is 24.3 Å². The van der Waals surface area contributed by atoms with Gasteiger partial charge in [-0.3, -0.25) is 9.69 Å². The highest BCUT2D eigenvalue weighted by atomic mass is 19.4. The second kappa shape index (κ2) is 9.99. The van der Waals surface area contributed by atoms with E-state index >= 15 is 0 Å². The molecule has 0 radical (unpaired) electrons. The van der Waals surface area contributed by atoms with Gasteiger partial charge in [0.1, 0.15) is 5.82 Å². The Bertz CT molecular complexity index is 963. The largest absolute Gasteiger partial charge is 0.419 e. The molecule has 0 spiro atoms. The minimum absolute atomic E-state index is 0.107. The molecular weight excluding hydrogens is 428 g/mol. The summed E-state index contributed by atoms with van der Waals surface area (Å²) in [6.07, 6.45) is -4.14. The number of hydrogen-bond acceptors (Lipinski definition) is 3. The van der Waals surface area contributed by atoms with Crippen molar-refractivity contribution < 1.29 is 27.2 Å². The Morgan fingerprint density at radius 1 is 0.938 bits per heavy atom. The zero-order chi connectivity index (χ0) is 23.3. The van der Waals surface area contributed by atoms with Crippen molar-refractivity contribution in [3.8, 4) is 0 Å². The summed E-state index contributed by atoms with van der Waals surface area (Å²) in [5.74, 6) is -1.52. The molecule has 1 aliphatic heterocycles. The van der Waals surface area contributed by atoms with E-state index in [4.69, 9.17) is 0 Å². The fraction of sp³-hybridized carbons (Fsp3) is 0.364. The average molecular weight is 452 g/mol. The second-order valence-electron chi connectivity index (χ2n) is 7.62. The normalized spacial score (nSPS) is 15.2. The quantitative estimate of drug-likeness (QED) is 0.670. The number of nitrogens with zero attached hydrogens (tertiary/aromatic N) is 2. The topological polar surface area (TPSA) is 64.7 Å². The van der Waals surface area contributed by atoms with Crippen LogP contribution in [0, 0.1) is 5.82 Å². The molecule has 1 fully saturated rings. The SMILES string of the molecule is CC(=O)Nc1ccc(CN2CCCN(C(=O)Nc3ccc(F)c(C(F)(F)F)c3)CC2)cc1. The molecule has 0 atom stereocenters. The summed E-state index contributed by atoms with van der Waals surface area (Å²) in [7, 11) is 0.